The highest BCUT2D eigenvalue weighted by molar-refractivity contribution is 7.89. The topological polar surface area (TPSA) is 66.5 Å². The average molecular weight is 513 g/mol. The van der Waals surface area contributed by atoms with Crippen LogP contribution >= 0.6 is 11.6 Å². The molecule has 0 radical (unpaired) electrons. The summed E-state index contributed by atoms with van der Waals surface area (Å²) < 4.78 is 82.0. The number of hydrogen-bond acceptors (Lipinski definition) is 3. The molecule has 0 atom stereocenters. The lowest BCUT2D eigenvalue weighted by atomic mass is 10.0. The van der Waals surface area contributed by atoms with Gasteiger partial charge in [0.1, 0.15) is 5.82 Å². The minimum Gasteiger partial charge on any atom is -0.321 e. The predicted octanol–water partition coefficient (Wildman–Crippen LogP) is 5.50. The molecule has 1 amide bonds. The fourth-order valence-electron chi connectivity index (χ4n) is 3.71. The maximum absolute atomic E-state index is 14.4. The van der Waals surface area contributed by atoms with Crippen molar-refractivity contribution in [2.24, 2.45) is 0 Å². The lowest BCUT2D eigenvalue weighted by Gasteiger charge is -2.28. The Labute approximate surface area is 198 Å². The van der Waals surface area contributed by atoms with Crippen LogP contribution in [-0.4, -0.2) is 25.2 Å². The normalized spacial score (nSPS) is 14.5. The van der Waals surface area contributed by atoms with Crippen molar-refractivity contribution in [1.29, 1.82) is 0 Å². The number of anilines is 1. The molecule has 178 valence electrons. The lowest BCUT2D eigenvalue weighted by Crippen LogP contribution is -2.36. The van der Waals surface area contributed by atoms with E-state index in [1.165, 1.54) is 4.31 Å². The van der Waals surface area contributed by atoms with Crippen LogP contribution in [0.5, 0.6) is 0 Å². The number of nitrogens with one attached hydrogen (secondary N) is 1. The molecule has 1 aliphatic rings. The molecule has 1 N–H and O–H groups in total. The summed E-state index contributed by atoms with van der Waals surface area (Å²) in [4.78, 5) is 12.3. The number of nitrogens with zero attached hydrogens (tertiary/aromatic N) is 1. The van der Waals surface area contributed by atoms with Crippen molar-refractivity contribution in [3.8, 4) is 0 Å². The molecule has 5 nitrogen and oxygen atoms in total. The Morgan fingerprint density at radius 2 is 1.71 bits per heavy atom. The number of carbonyl (C=O) groups is 1. The molecule has 34 heavy (non-hydrogen) atoms. The maximum atomic E-state index is 14.4. The van der Waals surface area contributed by atoms with Crippen LogP contribution in [0.1, 0.15) is 27.0 Å². The van der Waals surface area contributed by atoms with E-state index in [1.54, 1.807) is 6.07 Å². The molecule has 1 aliphatic heterocycles. The van der Waals surface area contributed by atoms with Gasteiger partial charge in [-0.05, 0) is 53.9 Å². The Hall–Kier alpha value is -2.95. The van der Waals surface area contributed by atoms with Gasteiger partial charge in [-0.15, -0.1) is 0 Å². The molecule has 0 spiro atoms. The number of hydrogen-bond donors (Lipinski definition) is 1. The Kier molecular flexibility index (Phi) is 6.41. The van der Waals surface area contributed by atoms with E-state index in [0.29, 0.717) is 12.5 Å². The second-order valence-electron chi connectivity index (χ2n) is 7.64. The highest BCUT2D eigenvalue weighted by atomic mass is 35.5. The molecular weight excluding hydrogens is 496 g/mol. The van der Waals surface area contributed by atoms with Gasteiger partial charge in [-0.3, -0.25) is 4.79 Å². The molecule has 0 fully saturated rings. The molecule has 0 aliphatic carbocycles. The third-order valence-corrected chi connectivity index (χ3v) is 7.53. The van der Waals surface area contributed by atoms with Gasteiger partial charge in [0.25, 0.3) is 5.91 Å². The molecule has 3 aromatic rings. The molecule has 0 bridgehead atoms. The molecule has 11 heteroatoms. The van der Waals surface area contributed by atoms with Gasteiger partial charge in [0.15, 0.2) is 0 Å². The smallest absolute Gasteiger partial charge is 0.321 e. The van der Waals surface area contributed by atoms with Gasteiger partial charge in [0.2, 0.25) is 10.0 Å². The zero-order valence-corrected chi connectivity index (χ0v) is 18.9. The van der Waals surface area contributed by atoms with Crippen LogP contribution in [-0.2, 0) is 29.2 Å². The molecule has 3 aromatic carbocycles. The highest BCUT2D eigenvalue weighted by Crippen LogP contribution is 2.37. The van der Waals surface area contributed by atoms with E-state index in [2.05, 4.69) is 0 Å². The molecule has 0 saturated heterocycles. The van der Waals surface area contributed by atoms with Crippen LogP contribution in [0.15, 0.2) is 65.6 Å². The van der Waals surface area contributed by atoms with Gasteiger partial charge < -0.3 is 5.32 Å². The van der Waals surface area contributed by atoms with Gasteiger partial charge >= 0.3 is 6.18 Å². The Bertz CT molecular complexity index is 1380. The van der Waals surface area contributed by atoms with Crippen molar-refractivity contribution < 1.29 is 30.8 Å². The van der Waals surface area contributed by atoms with Gasteiger partial charge in [-0.1, -0.05) is 35.9 Å². The highest BCUT2D eigenvalue weighted by Gasteiger charge is 2.35. The predicted molar refractivity (Wildman–Crippen MR) is 119 cm³/mol. The van der Waals surface area contributed by atoms with Gasteiger partial charge in [0, 0.05) is 18.1 Å². The van der Waals surface area contributed by atoms with Crippen LogP contribution in [0.4, 0.5) is 23.2 Å². The van der Waals surface area contributed by atoms with E-state index in [9.17, 15) is 30.8 Å². The molecule has 0 unspecified atom stereocenters. The van der Waals surface area contributed by atoms with E-state index in [-0.39, 0.29) is 23.0 Å². The first-order valence-corrected chi connectivity index (χ1v) is 11.8. The Morgan fingerprint density at radius 1 is 1.00 bits per heavy atom. The SMILES string of the molecule is O=C(Nc1ccc(Cl)cc1C(F)(F)F)c1cc(S(=O)(=O)N2CCc3ccccc3C2)ccc1F. The minimum absolute atomic E-state index is 0.108. The number of fused-ring (bicyclic) bond motifs is 1. The van der Waals surface area contributed by atoms with Crippen LogP contribution < -0.4 is 5.32 Å². The molecule has 4 rings (SSSR count). The van der Waals surface area contributed by atoms with Gasteiger partial charge in [-0.25, -0.2) is 12.8 Å². The Morgan fingerprint density at radius 3 is 2.41 bits per heavy atom. The van der Waals surface area contributed by atoms with Crippen LogP contribution in [0.3, 0.4) is 0 Å². The van der Waals surface area contributed by atoms with Crippen molar-refractivity contribution in [2.45, 2.75) is 24.0 Å². The summed E-state index contributed by atoms with van der Waals surface area (Å²) >= 11 is 5.63. The first-order chi connectivity index (χ1) is 16.0. The summed E-state index contributed by atoms with van der Waals surface area (Å²) in [7, 11) is -4.10. The number of benzene rings is 3. The van der Waals surface area contributed by atoms with Crippen molar-refractivity contribution in [3.05, 3.63) is 93.8 Å². The first kappa shape index (κ1) is 24.2. The lowest BCUT2D eigenvalue weighted by molar-refractivity contribution is -0.136. The molecule has 1 heterocycles. The third kappa shape index (κ3) is 4.79. The summed E-state index contributed by atoms with van der Waals surface area (Å²) in [6, 6.07) is 12.7. The third-order valence-electron chi connectivity index (χ3n) is 5.45. The molecule has 0 saturated carbocycles. The summed E-state index contributed by atoms with van der Waals surface area (Å²) in [5.41, 5.74) is -0.704. The molecular formula is C23H17ClF4N2O3S. The standard InChI is InChI=1S/C23H17ClF4N2O3S/c24-16-5-8-21(19(11-16)23(26,27)28)29-22(31)18-12-17(6-7-20(18)25)34(32,33)30-10-9-14-3-1-2-4-15(14)13-30/h1-8,11-12H,9-10,13H2,(H,29,31). The van der Waals surface area contributed by atoms with Crippen LogP contribution in [0, 0.1) is 5.82 Å². The van der Waals surface area contributed by atoms with Crippen molar-refractivity contribution >= 4 is 33.2 Å². The van der Waals surface area contributed by atoms with Gasteiger partial charge in [-0.2, -0.15) is 17.5 Å². The summed E-state index contributed by atoms with van der Waals surface area (Å²) in [6.07, 6.45) is -4.34. The summed E-state index contributed by atoms with van der Waals surface area (Å²) in [5.74, 6) is -2.31. The second-order valence-corrected chi connectivity index (χ2v) is 10.0. The fraction of sp³-hybridized carbons (Fsp3) is 0.174. The second kappa shape index (κ2) is 9.01. The zero-order chi connectivity index (χ0) is 24.7. The largest absolute Gasteiger partial charge is 0.418 e. The number of amides is 1. The first-order valence-electron chi connectivity index (χ1n) is 10.0. The fourth-order valence-corrected chi connectivity index (χ4v) is 5.33. The number of alkyl halides is 3. The summed E-state index contributed by atoms with van der Waals surface area (Å²) in [6.45, 7) is 0.301. The summed E-state index contributed by atoms with van der Waals surface area (Å²) in [5, 5.41) is 1.81. The van der Waals surface area contributed by atoms with Crippen LogP contribution in [0.2, 0.25) is 5.02 Å². The maximum Gasteiger partial charge on any atom is 0.418 e. The number of halogens is 5. The number of carbonyl (C=O) groups excluding carboxylic acids is 1. The zero-order valence-electron chi connectivity index (χ0n) is 17.4. The van der Waals surface area contributed by atoms with E-state index < -0.39 is 44.7 Å². The van der Waals surface area contributed by atoms with E-state index in [4.69, 9.17) is 11.6 Å². The average Bonchev–Trinajstić information content (AvgIpc) is 2.79. The quantitative estimate of drug-likeness (QED) is 0.470. The van der Waals surface area contributed by atoms with E-state index in [1.807, 2.05) is 23.5 Å². The minimum atomic E-state index is -4.83. The van der Waals surface area contributed by atoms with Crippen molar-refractivity contribution in [1.82, 2.24) is 4.31 Å². The van der Waals surface area contributed by atoms with E-state index >= 15 is 0 Å². The monoisotopic (exact) mass is 512 g/mol. The Balaban J connectivity index is 1.64. The van der Waals surface area contributed by atoms with Crippen LogP contribution in [0.25, 0.3) is 0 Å². The number of sulfonamides is 1. The number of rotatable bonds is 4. The van der Waals surface area contributed by atoms with Crippen molar-refractivity contribution in [2.75, 3.05) is 11.9 Å². The van der Waals surface area contributed by atoms with Crippen molar-refractivity contribution in [3.63, 3.8) is 0 Å². The van der Waals surface area contributed by atoms with E-state index in [0.717, 1.165) is 41.5 Å². The molecule has 0 aromatic heterocycles. The van der Waals surface area contributed by atoms with Gasteiger partial charge in [0.05, 0.1) is 21.7 Å².